The second-order valence-corrected chi connectivity index (χ2v) is 7.30. The van der Waals surface area contributed by atoms with Gasteiger partial charge in [-0.2, -0.15) is 0 Å². The Hall–Kier alpha value is -1.89. The number of amides is 1. The molecule has 1 aromatic carbocycles. The summed E-state index contributed by atoms with van der Waals surface area (Å²) in [4.78, 5) is 15.5. The summed E-state index contributed by atoms with van der Waals surface area (Å²) in [6.07, 6.45) is 1.06. The first-order valence-electron chi connectivity index (χ1n) is 8.52. The van der Waals surface area contributed by atoms with Gasteiger partial charge in [-0.15, -0.1) is 11.3 Å². The van der Waals surface area contributed by atoms with Gasteiger partial charge in [-0.3, -0.25) is 4.79 Å². The summed E-state index contributed by atoms with van der Waals surface area (Å²) in [5.74, 6) is 0.0425. The average Bonchev–Trinajstić information content (AvgIpc) is 3.08. The number of benzene rings is 1. The summed E-state index contributed by atoms with van der Waals surface area (Å²) in [6.45, 7) is 2.65. The molecule has 0 unspecified atom stereocenters. The van der Waals surface area contributed by atoms with Crippen molar-refractivity contribution in [3.8, 4) is 0 Å². The quantitative estimate of drug-likeness (QED) is 0.831. The molecule has 2 heterocycles. The highest BCUT2D eigenvalue weighted by Gasteiger charge is 2.22. The van der Waals surface area contributed by atoms with Crippen molar-refractivity contribution in [3.63, 3.8) is 0 Å². The standard InChI is InChI=1S/C19H24N2O3S/c1-24-12-14-10-18(25-13-14)11-20-16-4-2-15(3-5-16)19(23)21-8-6-17(22)7-9-21/h2-5,10,13,17,20,22H,6-9,11-12H2,1H3. The number of ether oxygens (including phenoxy) is 1. The molecule has 25 heavy (non-hydrogen) atoms. The predicted molar refractivity (Wildman–Crippen MR) is 99.9 cm³/mol. The molecule has 0 saturated carbocycles. The number of piperidine rings is 1. The van der Waals surface area contributed by atoms with Crippen LogP contribution in [0.2, 0.25) is 0 Å². The summed E-state index contributed by atoms with van der Waals surface area (Å²) in [5.41, 5.74) is 2.88. The van der Waals surface area contributed by atoms with Crippen LogP contribution in [0.4, 0.5) is 5.69 Å². The third-order valence-corrected chi connectivity index (χ3v) is 5.35. The van der Waals surface area contributed by atoms with Gasteiger partial charge in [0, 0.05) is 42.9 Å². The average molecular weight is 360 g/mol. The molecule has 1 amide bonds. The molecule has 1 aliphatic rings. The molecule has 0 atom stereocenters. The van der Waals surface area contributed by atoms with Crippen LogP contribution in [0.3, 0.4) is 0 Å². The zero-order valence-electron chi connectivity index (χ0n) is 14.4. The molecule has 0 radical (unpaired) electrons. The van der Waals surface area contributed by atoms with E-state index in [4.69, 9.17) is 4.74 Å². The Morgan fingerprint density at radius 2 is 2.04 bits per heavy atom. The van der Waals surface area contributed by atoms with Crippen molar-refractivity contribution in [1.29, 1.82) is 0 Å². The first kappa shape index (κ1) is 17.9. The molecular weight excluding hydrogens is 336 g/mol. The summed E-state index contributed by atoms with van der Waals surface area (Å²) < 4.78 is 5.13. The van der Waals surface area contributed by atoms with Crippen LogP contribution >= 0.6 is 11.3 Å². The molecule has 2 aromatic rings. The van der Waals surface area contributed by atoms with Gasteiger partial charge >= 0.3 is 0 Å². The molecule has 5 nitrogen and oxygen atoms in total. The van der Waals surface area contributed by atoms with Crippen LogP contribution in [0.5, 0.6) is 0 Å². The van der Waals surface area contributed by atoms with Crippen molar-refractivity contribution < 1.29 is 14.6 Å². The van der Waals surface area contributed by atoms with Crippen LogP contribution < -0.4 is 5.32 Å². The molecule has 1 fully saturated rings. The fourth-order valence-electron chi connectivity index (χ4n) is 2.93. The van der Waals surface area contributed by atoms with Crippen molar-refractivity contribution in [3.05, 3.63) is 51.7 Å². The van der Waals surface area contributed by atoms with Crippen molar-refractivity contribution in [2.75, 3.05) is 25.5 Å². The van der Waals surface area contributed by atoms with Gasteiger partial charge in [-0.1, -0.05) is 0 Å². The molecule has 1 aliphatic heterocycles. The fraction of sp³-hybridized carbons (Fsp3) is 0.421. The van der Waals surface area contributed by atoms with E-state index < -0.39 is 0 Å². The molecule has 0 aliphatic carbocycles. The van der Waals surface area contributed by atoms with Gasteiger partial charge in [0.05, 0.1) is 12.7 Å². The van der Waals surface area contributed by atoms with E-state index in [1.54, 1.807) is 18.4 Å². The summed E-state index contributed by atoms with van der Waals surface area (Å²) in [6, 6.07) is 9.75. The summed E-state index contributed by atoms with van der Waals surface area (Å²) in [5, 5.41) is 15.0. The minimum atomic E-state index is -0.266. The highest BCUT2D eigenvalue weighted by atomic mass is 32.1. The smallest absolute Gasteiger partial charge is 0.253 e. The van der Waals surface area contributed by atoms with Crippen LogP contribution in [0.15, 0.2) is 35.7 Å². The number of hydrogen-bond acceptors (Lipinski definition) is 5. The first-order valence-corrected chi connectivity index (χ1v) is 9.40. The predicted octanol–water partition coefficient (Wildman–Crippen LogP) is 3.10. The molecule has 1 saturated heterocycles. The molecule has 0 bridgehead atoms. The lowest BCUT2D eigenvalue weighted by Gasteiger charge is -2.29. The molecule has 134 valence electrons. The lowest BCUT2D eigenvalue weighted by molar-refractivity contribution is 0.0546. The van der Waals surface area contributed by atoms with Crippen LogP contribution in [0.25, 0.3) is 0 Å². The Bertz CT molecular complexity index is 691. The van der Waals surface area contributed by atoms with E-state index in [0.29, 0.717) is 38.1 Å². The Morgan fingerprint density at radius 3 is 2.72 bits per heavy atom. The Morgan fingerprint density at radius 1 is 1.32 bits per heavy atom. The van der Waals surface area contributed by atoms with Crippen LogP contribution in [0.1, 0.15) is 33.6 Å². The van der Waals surface area contributed by atoms with Crippen molar-refractivity contribution in [2.45, 2.75) is 32.1 Å². The molecule has 3 rings (SSSR count). The number of carbonyl (C=O) groups excluding carboxylic acids is 1. The number of hydrogen-bond donors (Lipinski definition) is 2. The zero-order valence-corrected chi connectivity index (χ0v) is 15.2. The molecule has 1 aromatic heterocycles. The maximum absolute atomic E-state index is 12.5. The number of likely N-dealkylation sites (tertiary alicyclic amines) is 1. The summed E-state index contributed by atoms with van der Waals surface area (Å²) in [7, 11) is 1.70. The fourth-order valence-corrected chi connectivity index (χ4v) is 3.75. The second kappa shape index (κ2) is 8.47. The van der Waals surface area contributed by atoms with Gasteiger partial charge in [-0.25, -0.2) is 0 Å². The normalized spacial score (nSPS) is 15.4. The highest BCUT2D eigenvalue weighted by Crippen LogP contribution is 2.19. The van der Waals surface area contributed by atoms with Crippen molar-refractivity contribution in [1.82, 2.24) is 4.90 Å². The van der Waals surface area contributed by atoms with E-state index in [9.17, 15) is 9.90 Å². The number of thiophene rings is 1. The topological polar surface area (TPSA) is 61.8 Å². The number of nitrogens with zero attached hydrogens (tertiary/aromatic N) is 1. The maximum atomic E-state index is 12.5. The molecular formula is C19H24N2O3S. The van der Waals surface area contributed by atoms with Gasteiger partial charge < -0.3 is 20.1 Å². The number of carbonyl (C=O) groups is 1. The first-order chi connectivity index (χ1) is 12.2. The van der Waals surface area contributed by atoms with E-state index in [2.05, 4.69) is 16.8 Å². The van der Waals surface area contributed by atoms with Crippen molar-refractivity contribution in [2.24, 2.45) is 0 Å². The lowest BCUT2D eigenvalue weighted by atomic mass is 10.1. The molecule has 6 heteroatoms. The lowest BCUT2D eigenvalue weighted by Crippen LogP contribution is -2.40. The van der Waals surface area contributed by atoms with E-state index in [0.717, 1.165) is 12.2 Å². The number of aliphatic hydroxyl groups excluding tert-OH is 1. The van der Waals surface area contributed by atoms with Crippen LogP contribution in [-0.2, 0) is 17.9 Å². The largest absolute Gasteiger partial charge is 0.393 e. The van der Waals surface area contributed by atoms with Crippen molar-refractivity contribution >= 4 is 22.9 Å². The number of methoxy groups -OCH3 is 1. The second-order valence-electron chi connectivity index (χ2n) is 6.31. The number of rotatable bonds is 6. The Balaban J connectivity index is 1.53. The number of anilines is 1. The van der Waals surface area contributed by atoms with Gasteiger partial charge in [0.25, 0.3) is 5.91 Å². The Labute approximate surface area is 152 Å². The number of aliphatic hydroxyl groups is 1. The minimum absolute atomic E-state index is 0.0425. The van der Waals surface area contributed by atoms with E-state index >= 15 is 0 Å². The monoisotopic (exact) mass is 360 g/mol. The van der Waals surface area contributed by atoms with E-state index in [1.807, 2.05) is 29.2 Å². The van der Waals surface area contributed by atoms with Crippen LogP contribution in [-0.4, -0.2) is 42.2 Å². The third-order valence-electron chi connectivity index (χ3n) is 4.37. The third kappa shape index (κ3) is 4.81. The van der Waals surface area contributed by atoms with Gasteiger partial charge in [-0.05, 0) is 54.1 Å². The van der Waals surface area contributed by atoms with E-state index in [-0.39, 0.29) is 12.0 Å². The van der Waals surface area contributed by atoms with Crippen LogP contribution in [0, 0.1) is 0 Å². The number of nitrogens with one attached hydrogen (secondary N) is 1. The maximum Gasteiger partial charge on any atom is 0.253 e. The molecule has 0 spiro atoms. The van der Waals surface area contributed by atoms with E-state index in [1.165, 1.54) is 10.4 Å². The Kier molecular flexibility index (Phi) is 6.07. The van der Waals surface area contributed by atoms with Gasteiger partial charge in [0.1, 0.15) is 0 Å². The zero-order chi connectivity index (χ0) is 17.6. The summed E-state index contributed by atoms with van der Waals surface area (Å²) >= 11 is 1.71. The van der Waals surface area contributed by atoms with Gasteiger partial charge in [0.15, 0.2) is 0 Å². The molecule has 2 N–H and O–H groups in total. The highest BCUT2D eigenvalue weighted by molar-refractivity contribution is 7.10. The van der Waals surface area contributed by atoms with Gasteiger partial charge in [0.2, 0.25) is 0 Å². The minimum Gasteiger partial charge on any atom is -0.393 e. The SMILES string of the molecule is COCc1csc(CNc2ccc(C(=O)N3CCC(O)CC3)cc2)c1.